The first-order valence-electron chi connectivity index (χ1n) is 8.80. The van der Waals surface area contributed by atoms with Crippen molar-refractivity contribution in [3.05, 3.63) is 51.9 Å². The van der Waals surface area contributed by atoms with E-state index in [1.807, 2.05) is 18.2 Å². The molecule has 3 rings (SSSR count). The zero-order valence-corrected chi connectivity index (χ0v) is 17.5. The highest BCUT2D eigenvalue weighted by atomic mass is 35.5. The smallest absolute Gasteiger partial charge is 0.261 e. The molecule has 0 spiro atoms. The first kappa shape index (κ1) is 20.3. The van der Waals surface area contributed by atoms with E-state index in [9.17, 15) is 13.2 Å². The molecule has 1 aliphatic carbocycles. The fourth-order valence-electron chi connectivity index (χ4n) is 3.64. The van der Waals surface area contributed by atoms with Crippen LogP contribution in [-0.2, 0) is 15.3 Å². The summed E-state index contributed by atoms with van der Waals surface area (Å²) in [6, 6.07) is 10.9. The van der Waals surface area contributed by atoms with Gasteiger partial charge in [-0.15, -0.1) is 11.3 Å². The molecule has 0 unspecified atom stereocenters. The van der Waals surface area contributed by atoms with Crippen molar-refractivity contribution in [3.63, 3.8) is 0 Å². The number of sulfone groups is 1. The molecule has 0 atom stereocenters. The average Bonchev–Trinajstić information content (AvgIpc) is 3.13. The summed E-state index contributed by atoms with van der Waals surface area (Å²) in [5, 5.41) is 3.74. The number of hydrogen-bond acceptors (Lipinski definition) is 5. The van der Waals surface area contributed by atoms with E-state index in [1.54, 1.807) is 6.07 Å². The molecule has 1 fully saturated rings. The van der Waals surface area contributed by atoms with Crippen LogP contribution in [0.25, 0.3) is 0 Å². The van der Waals surface area contributed by atoms with Gasteiger partial charge in [0.15, 0.2) is 9.84 Å². The molecule has 5 nitrogen and oxygen atoms in total. The number of amides is 1. The summed E-state index contributed by atoms with van der Waals surface area (Å²) in [7, 11) is -3.29. The summed E-state index contributed by atoms with van der Waals surface area (Å²) in [6.07, 6.45) is 4.52. The third-order valence-corrected chi connectivity index (χ3v) is 8.42. The predicted molar refractivity (Wildman–Crippen MR) is 109 cm³/mol. The molecule has 3 N–H and O–H groups in total. The fraction of sp³-hybridized carbons (Fsp3) is 0.421. The fourth-order valence-corrected chi connectivity index (χ4v) is 5.66. The molecule has 2 aromatic rings. The van der Waals surface area contributed by atoms with Crippen molar-refractivity contribution in [2.24, 2.45) is 5.73 Å². The van der Waals surface area contributed by atoms with E-state index in [0.717, 1.165) is 48.8 Å². The molecule has 1 saturated carbocycles. The largest absolute Gasteiger partial charge is 0.349 e. The Hall–Kier alpha value is -1.41. The Labute approximate surface area is 168 Å². The minimum absolute atomic E-state index is 0.0557. The predicted octanol–water partition coefficient (Wildman–Crippen LogP) is 3.37. The van der Waals surface area contributed by atoms with Crippen LogP contribution in [0.15, 0.2) is 40.6 Å². The minimum atomic E-state index is -3.29. The van der Waals surface area contributed by atoms with Gasteiger partial charge in [-0.3, -0.25) is 4.79 Å². The van der Waals surface area contributed by atoms with E-state index in [2.05, 4.69) is 11.4 Å². The van der Waals surface area contributed by atoms with Crippen LogP contribution in [0.4, 0.5) is 0 Å². The highest BCUT2D eigenvalue weighted by molar-refractivity contribution is 7.92. The Kier molecular flexibility index (Phi) is 5.96. The Morgan fingerprint density at radius 3 is 2.56 bits per heavy atom. The number of halogens is 1. The summed E-state index contributed by atoms with van der Waals surface area (Å²) < 4.78 is 23.4. The van der Waals surface area contributed by atoms with Gasteiger partial charge >= 0.3 is 0 Å². The molecule has 0 radical (unpaired) electrons. The Morgan fingerprint density at radius 1 is 1.30 bits per heavy atom. The highest BCUT2D eigenvalue weighted by Gasteiger charge is 2.36. The second kappa shape index (κ2) is 7.91. The molecular formula is C19H23ClN2O3S2. The molecule has 27 heavy (non-hydrogen) atoms. The summed E-state index contributed by atoms with van der Waals surface area (Å²) in [5.74, 6) is -0.220. The van der Waals surface area contributed by atoms with Crippen LogP contribution in [0, 0.1) is 0 Å². The molecule has 1 aliphatic rings. The highest BCUT2D eigenvalue weighted by Crippen LogP contribution is 2.39. The van der Waals surface area contributed by atoms with Gasteiger partial charge in [0.1, 0.15) is 4.21 Å². The van der Waals surface area contributed by atoms with Crippen LogP contribution in [0.2, 0.25) is 5.02 Å². The maximum atomic E-state index is 12.5. The quantitative estimate of drug-likeness (QED) is 0.766. The lowest BCUT2D eigenvalue weighted by Gasteiger charge is -2.40. The van der Waals surface area contributed by atoms with Crippen LogP contribution in [0.3, 0.4) is 0 Å². The molecule has 1 amide bonds. The van der Waals surface area contributed by atoms with Gasteiger partial charge in [0.2, 0.25) is 0 Å². The van der Waals surface area contributed by atoms with Crippen LogP contribution in [0.5, 0.6) is 0 Å². The summed E-state index contributed by atoms with van der Waals surface area (Å²) >= 11 is 7.15. The average molecular weight is 427 g/mol. The molecule has 1 heterocycles. The van der Waals surface area contributed by atoms with Gasteiger partial charge in [-0.2, -0.15) is 0 Å². The second-order valence-corrected chi connectivity index (χ2v) is 10.9. The Morgan fingerprint density at radius 2 is 2.00 bits per heavy atom. The second-order valence-electron chi connectivity index (χ2n) is 7.13. The van der Waals surface area contributed by atoms with Gasteiger partial charge < -0.3 is 11.1 Å². The zero-order valence-electron chi connectivity index (χ0n) is 15.1. The lowest BCUT2D eigenvalue weighted by atomic mass is 9.68. The van der Waals surface area contributed by atoms with Crippen LogP contribution >= 0.6 is 22.9 Å². The van der Waals surface area contributed by atoms with E-state index >= 15 is 0 Å². The van der Waals surface area contributed by atoms with Gasteiger partial charge in [-0.25, -0.2) is 8.42 Å². The summed E-state index contributed by atoms with van der Waals surface area (Å²) in [4.78, 5) is 12.9. The maximum Gasteiger partial charge on any atom is 0.261 e. The summed E-state index contributed by atoms with van der Waals surface area (Å²) in [6.45, 7) is 0.538. The van der Waals surface area contributed by atoms with E-state index in [4.69, 9.17) is 17.3 Å². The zero-order chi connectivity index (χ0) is 19.7. The van der Waals surface area contributed by atoms with Crippen LogP contribution in [-0.4, -0.2) is 33.2 Å². The molecule has 0 aliphatic heterocycles. The van der Waals surface area contributed by atoms with Crippen molar-refractivity contribution in [2.75, 3.05) is 12.8 Å². The van der Waals surface area contributed by atoms with Crippen molar-refractivity contribution in [3.8, 4) is 0 Å². The number of carbonyl (C=O) groups is 1. The molecular weight excluding hydrogens is 404 g/mol. The van der Waals surface area contributed by atoms with Gasteiger partial charge in [0, 0.05) is 29.3 Å². The third kappa shape index (κ3) is 4.54. The molecule has 1 aromatic carbocycles. The Bertz CT molecular complexity index is 932. The molecule has 1 aromatic heterocycles. The van der Waals surface area contributed by atoms with Crippen molar-refractivity contribution < 1.29 is 13.2 Å². The lowest BCUT2D eigenvalue weighted by molar-refractivity contribution is 0.0922. The van der Waals surface area contributed by atoms with Crippen molar-refractivity contribution in [2.45, 2.75) is 41.3 Å². The first-order chi connectivity index (χ1) is 12.7. The number of nitrogens with one attached hydrogen (secondary N) is 1. The number of nitrogens with two attached hydrogens (primary N) is 1. The third-order valence-electron chi connectivity index (χ3n) is 5.28. The number of carbonyl (C=O) groups excluding carboxylic acids is 1. The van der Waals surface area contributed by atoms with Gasteiger partial charge in [0.05, 0.1) is 4.88 Å². The number of hydrogen-bond donors (Lipinski definition) is 2. The lowest BCUT2D eigenvalue weighted by Crippen LogP contribution is -2.45. The molecule has 0 bridgehead atoms. The van der Waals surface area contributed by atoms with Gasteiger partial charge in [0.25, 0.3) is 5.91 Å². The summed E-state index contributed by atoms with van der Waals surface area (Å²) in [5.41, 5.74) is 7.15. The Balaban J connectivity index is 1.65. The van der Waals surface area contributed by atoms with Crippen molar-refractivity contribution in [1.29, 1.82) is 0 Å². The first-order valence-corrected chi connectivity index (χ1v) is 11.9. The number of rotatable bonds is 5. The molecule has 8 heteroatoms. The number of thiophene rings is 1. The normalized spacial score (nSPS) is 23.1. The topological polar surface area (TPSA) is 89.3 Å². The van der Waals surface area contributed by atoms with E-state index in [1.165, 1.54) is 6.07 Å². The van der Waals surface area contributed by atoms with E-state index < -0.39 is 9.84 Å². The van der Waals surface area contributed by atoms with E-state index in [0.29, 0.717) is 16.4 Å². The standard InChI is InChI=1S/C19H23ClN2O3S2/c1-27(24,25)17-6-5-16(26-17)18(23)22-15-7-9-19(12-21,10-8-15)13-3-2-4-14(20)11-13/h2-6,11,15H,7-10,12,21H2,1H3,(H,22,23)/t15-,19-. The SMILES string of the molecule is CS(=O)(=O)c1ccc(C(=O)N[C@H]2CC[C@](CN)(c3cccc(Cl)c3)CC2)s1. The molecule has 146 valence electrons. The minimum Gasteiger partial charge on any atom is -0.349 e. The van der Waals surface area contributed by atoms with Crippen LogP contribution < -0.4 is 11.1 Å². The van der Waals surface area contributed by atoms with Gasteiger partial charge in [-0.05, 0) is 55.5 Å². The maximum absolute atomic E-state index is 12.5. The van der Waals surface area contributed by atoms with Crippen molar-refractivity contribution in [1.82, 2.24) is 5.32 Å². The van der Waals surface area contributed by atoms with Gasteiger partial charge in [-0.1, -0.05) is 23.7 Å². The molecule has 0 saturated heterocycles. The van der Waals surface area contributed by atoms with Crippen molar-refractivity contribution >= 4 is 38.7 Å². The monoisotopic (exact) mass is 426 g/mol. The number of benzene rings is 1. The van der Waals surface area contributed by atoms with Crippen LogP contribution in [0.1, 0.15) is 40.9 Å². The van der Waals surface area contributed by atoms with E-state index in [-0.39, 0.29) is 21.6 Å².